The number of halogens is 1. The summed E-state index contributed by atoms with van der Waals surface area (Å²) >= 11 is 7.58. The number of alkyl halides is 1. The Balaban J connectivity index is 2.69. The Morgan fingerprint density at radius 1 is 1.33 bits per heavy atom. The molecule has 0 aliphatic rings. The first-order valence-corrected chi connectivity index (χ1v) is 6.79. The van der Waals surface area contributed by atoms with E-state index >= 15 is 0 Å². The van der Waals surface area contributed by atoms with Gasteiger partial charge in [0.15, 0.2) is 5.13 Å². The molecule has 1 rings (SSSR count). The van der Waals surface area contributed by atoms with Gasteiger partial charge >= 0.3 is 0 Å². The molecular weight excluding hydrogens is 228 g/mol. The summed E-state index contributed by atoms with van der Waals surface area (Å²) in [6, 6.07) is 0. The van der Waals surface area contributed by atoms with Gasteiger partial charge in [-0.05, 0) is 20.3 Å². The van der Waals surface area contributed by atoms with Crippen LogP contribution < -0.4 is 4.90 Å². The van der Waals surface area contributed by atoms with Crippen molar-refractivity contribution >= 4 is 28.1 Å². The van der Waals surface area contributed by atoms with Gasteiger partial charge in [-0.2, -0.15) is 0 Å². The quantitative estimate of drug-likeness (QED) is 0.713. The molecular formula is C11H19ClN2S. The first-order chi connectivity index (χ1) is 7.19. The Hall–Kier alpha value is -0.280. The number of hydrogen-bond donors (Lipinski definition) is 0. The maximum Gasteiger partial charge on any atom is 0.185 e. The number of aromatic nitrogens is 1. The lowest BCUT2D eigenvalue weighted by Gasteiger charge is -2.20. The fourth-order valence-electron chi connectivity index (χ4n) is 1.35. The van der Waals surface area contributed by atoms with Crippen LogP contribution in [0.5, 0.6) is 0 Å². The highest BCUT2D eigenvalue weighted by Gasteiger charge is 2.11. The van der Waals surface area contributed by atoms with Gasteiger partial charge in [0.05, 0.1) is 5.69 Å². The van der Waals surface area contributed by atoms with Crippen molar-refractivity contribution < 1.29 is 0 Å². The molecule has 0 bridgehead atoms. The Morgan fingerprint density at radius 3 is 2.53 bits per heavy atom. The van der Waals surface area contributed by atoms with Crippen LogP contribution >= 0.6 is 22.9 Å². The van der Waals surface area contributed by atoms with Gasteiger partial charge in [0.2, 0.25) is 0 Å². The molecule has 0 radical (unpaired) electrons. The summed E-state index contributed by atoms with van der Waals surface area (Å²) in [5, 5.41) is 1.12. The van der Waals surface area contributed by atoms with E-state index in [1.807, 2.05) is 0 Å². The van der Waals surface area contributed by atoms with Crippen LogP contribution in [0.25, 0.3) is 0 Å². The average Bonchev–Trinajstić information content (AvgIpc) is 2.54. The number of anilines is 1. The summed E-state index contributed by atoms with van der Waals surface area (Å²) < 4.78 is 0. The van der Waals surface area contributed by atoms with Gasteiger partial charge in [-0.15, -0.1) is 22.9 Å². The van der Waals surface area contributed by atoms with Crippen molar-refractivity contribution in [3.05, 3.63) is 10.6 Å². The normalized spacial score (nSPS) is 10.7. The van der Waals surface area contributed by atoms with Gasteiger partial charge in [-0.1, -0.05) is 13.3 Å². The van der Waals surface area contributed by atoms with Crippen molar-refractivity contribution in [2.75, 3.05) is 23.9 Å². The van der Waals surface area contributed by atoms with Gasteiger partial charge in [0.25, 0.3) is 0 Å². The van der Waals surface area contributed by atoms with Gasteiger partial charge in [0, 0.05) is 23.8 Å². The van der Waals surface area contributed by atoms with Crippen molar-refractivity contribution in [1.82, 2.24) is 4.98 Å². The fraction of sp³-hybridized carbons (Fsp3) is 0.727. The maximum absolute atomic E-state index is 5.81. The highest BCUT2D eigenvalue weighted by molar-refractivity contribution is 7.15. The molecule has 0 atom stereocenters. The summed E-state index contributed by atoms with van der Waals surface area (Å²) in [4.78, 5) is 8.17. The molecule has 0 amide bonds. The minimum absolute atomic E-state index is 0.668. The highest BCUT2D eigenvalue weighted by atomic mass is 35.5. The first-order valence-electron chi connectivity index (χ1n) is 5.44. The lowest BCUT2D eigenvalue weighted by molar-refractivity contribution is 0.731. The standard InChI is InChI=1S/C11H19ClN2S/c1-4-5-7-14(8-6-12)11-13-9(2)10(3)15-11/h4-8H2,1-3H3. The summed E-state index contributed by atoms with van der Waals surface area (Å²) in [6.07, 6.45) is 2.41. The molecule has 0 N–H and O–H groups in total. The minimum atomic E-state index is 0.668. The summed E-state index contributed by atoms with van der Waals surface area (Å²) in [6.45, 7) is 8.35. The van der Waals surface area contributed by atoms with Crippen LogP contribution in [0.2, 0.25) is 0 Å². The molecule has 0 aromatic carbocycles. The molecule has 4 heteroatoms. The monoisotopic (exact) mass is 246 g/mol. The second-order valence-electron chi connectivity index (χ2n) is 3.67. The molecule has 0 fully saturated rings. The molecule has 1 aromatic heterocycles. The zero-order chi connectivity index (χ0) is 11.3. The number of hydrogen-bond acceptors (Lipinski definition) is 3. The van der Waals surface area contributed by atoms with Gasteiger partial charge < -0.3 is 4.90 Å². The number of aryl methyl sites for hydroxylation is 2. The number of thiazole rings is 1. The Bertz CT molecular complexity index is 279. The third-order valence-electron chi connectivity index (χ3n) is 2.42. The zero-order valence-electron chi connectivity index (χ0n) is 9.72. The number of rotatable bonds is 6. The molecule has 0 aliphatic carbocycles. The molecule has 15 heavy (non-hydrogen) atoms. The topological polar surface area (TPSA) is 16.1 Å². The van der Waals surface area contributed by atoms with Crippen LogP contribution in [-0.2, 0) is 0 Å². The van der Waals surface area contributed by atoms with E-state index in [1.165, 1.54) is 17.7 Å². The van der Waals surface area contributed by atoms with E-state index in [0.717, 1.165) is 23.9 Å². The predicted molar refractivity (Wildman–Crippen MR) is 69.4 cm³/mol. The molecule has 0 spiro atoms. The van der Waals surface area contributed by atoms with Crippen LogP contribution in [0.4, 0.5) is 5.13 Å². The summed E-state index contributed by atoms with van der Waals surface area (Å²) in [7, 11) is 0. The fourth-order valence-corrected chi connectivity index (χ4v) is 2.51. The molecule has 0 unspecified atom stereocenters. The van der Waals surface area contributed by atoms with E-state index in [2.05, 4.69) is 30.7 Å². The number of nitrogens with zero attached hydrogens (tertiary/aromatic N) is 2. The van der Waals surface area contributed by atoms with E-state index in [-0.39, 0.29) is 0 Å². The van der Waals surface area contributed by atoms with Crippen LogP contribution in [0.15, 0.2) is 0 Å². The van der Waals surface area contributed by atoms with Crippen molar-refractivity contribution in [3.8, 4) is 0 Å². The first kappa shape index (κ1) is 12.8. The molecule has 0 saturated heterocycles. The van der Waals surface area contributed by atoms with E-state index in [4.69, 9.17) is 11.6 Å². The van der Waals surface area contributed by atoms with Crippen molar-refractivity contribution in [2.45, 2.75) is 33.6 Å². The second-order valence-corrected chi connectivity index (χ2v) is 5.23. The van der Waals surface area contributed by atoms with E-state index in [0.29, 0.717) is 5.88 Å². The Labute approximate surface area is 101 Å². The minimum Gasteiger partial charge on any atom is -0.347 e. The Morgan fingerprint density at radius 2 is 2.07 bits per heavy atom. The zero-order valence-corrected chi connectivity index (χ0v) is 11.3. The second kappa shape index (κ2) is 6.33. The predicted octanol–water partition coefficient (Wildman–Crippen LogP) is 3.61. The lowest BCUT2D eigenvalue weighted by Crippen LogP contribution is -2.26. The van der Waals surface area contributed by atoms with Crippen LogP contribution in [0.3, 0.4) is 0 Å². The smallest absolute Gasteiger partial charge is 0.185 e. The largest absolute Gasteiger partial charge is 0.347 e. The van der Waals surface area contributed by atoms with Crippen molar-refractivity contribution in [1.29, 1.82) is 0 Å². The van der Waals surface area contributed by atoms with Gasteiger partial charge in [-0.3, -0.25) is 0 Å². The molecule has 1 aromatic rings. The summed E-state index contributed by atoms with van der Waals surface area (Å²) in [5.41, 5.74) is 1.14. The maximum atomic E-state index is 5.81. The van der Waals surface area contributed by atoms with Crippen LogP contribution in [-0.4, -0.2) is 24.0 Å². The summed E-state index contributed by atoms with van der Waals surface area (Å²) in [5.74, 6) is 0.668. The van der Waals surface area contributed by atoms with E-state index in [9.17, 15) is 0 Å². The average molecular weight is 247 g/mol. The third kappa shape index (κ3) is 3.65. The molecule has 86 valence electrons. The SMILES string of the molecule is CCCCN(CCCl)c1nc(C)c(C)s1. The Kier molecular flexibility index (Phi) is 5.40. The van der Waals surface area contributed by atoms with Gasteiger partial charge in [0.1, 0.15) is 0 Å². The molecule has 1 heterocycles. The van der Waals surface area contributed by atoms with E-state index in [1.54, 1.807) is 11.3 Å². The third-order valence-corrected chi connectivity index (χ3v) is 3.73. The highest BCUT2D eigenvalue weighted by Crippen LogP contribution is 2.25. The van der Waals surface area contributed by atoms with Gasteiger partial charge in [-0.25, -0.2) is 4.98 Å². The lowest BCUT2D eigenvalue weighted by atomic mass is 10.3. The van der Waals surface area contributed by atoms with Crippen molar-refractivity contribution in [3.63, 3.8) is 0 Å². The number of unbranched alkanes of at least 4 members (excludes halogenated alkanes) is 1. The van der Waals surface area contributed by atoms with Crippen LogP contribution in [0, 0.1) is 13.8 Å². The van der Waals surface area contributed by atoms with E-state index < -0.39 is 0 Å². The van der Waals surface area contributed by atoms with Crippen molar-refractivity contribution in [2.24, 2.45) is 0 Å². The molecule has 0 aliphatic heterocycles. The molecule has 2 nitrogen and oxygen atoms in total. The van der Waals surface area contributed by atoms with Crippen LogP contribution in [0.1, 0.15) is 30.3 Å². The molecule has 0 saturated carbocycles.